The van der Waals surface area contributed by atoms with E-state index in [1.165, 1.54) is 22.7 Å². The molecule has 0 fully saturated rings. The van der Waals surface area contributed by atoms with E-state index in [0.29, 0.717) is 17.0 Å². The highest BCUT2D eigenvalue weighted by molar-refractivity contribution is 7.12. The van der Waals surface area contributed by atoms with Gasteiger partial charge < -0.3 is 14.8 Å². The van der Waals surface area contributed by atoms with Crippen LogP contribution in [-0.2, 0) is 14.3 Å². The molecule has 2 aromatic carbocycles. The first kappa shape index (κ1) is 22.5. The lowest BCUT2D eigenvalue weighted by atomic mass is 10.2. The van der Waals surface area contributed by atoms with E-state index >= 15 is 0 Å². The number of carbonyl (C=O) groups excluding carboxylic acids is 2. The molecule has 5 nitrogen and oxygen atoms in total. The summed E-state index contributed by atoms with van der Waals surface area (Å²) in [5.74, 6) is 0.423. The standard InChI is InChI=1S/C26H21NO4S2/c1-18(30-26(29)23(24-10-6-16-33-24)17-22-9-5-15-32-22)25(28)27-19-11-13-21(14-12-19)31-20-7-3-2-4-8-20/h2-18H,1H3,(H,27,28). The maximum absolute atomic E-state index is 12.9. The summed E-state index contributed by atoms with van der Waals surface area (Å²) < 4.78 is 11.2. The van der Waals surface area contributed by atoms with Crippen molar-refractivity contribution in [2.24, 2.45) is 0 Å². The zero-order valence-corrected chi connectivity index (χ0v) is 19.4. The second kappa shape index (κ2) is 10.8. The summed E-state index contributed by atoms with van der Waals surface area (Å²) in [5, 5.41) is 6.61. The molecule has 0 spiro atoms. The van der Waals surface area contributed by atoms with Crippen molar-refractivity contribution in [1.29, 1.82) is 0 Å². The van der Waals surface area contributed by atoms with Gasteiger partial charge in [-0.15, -0.1) is 22.7 Å². The zero-order chi connectivity index (χ0) is 23.0. The number of hydrogen-bond acceptors (Lipinski definition) is 6. The van der Waals surface area contributed by atoms with E-state index in [0.717, 1.165) is 15.5 Å². The SMILES string of the molecule is CC(OC(=O)C(=Cc1cccs1)c1cccs1)C(=O)Nc1ccc(Oc2ccccc2)cc1. The molecule has 7 heteroatoms. The first-order chi connectivity index (χ1) is 16.1. The van der Waals surface area contributed by atoms with Crippen molar-refractivity contribution in [1.82, 2.24) is 0 Å². The van der Waals surface area contributed by atoms with Crippen LogP contribution in [0.2, 0.25) is 0 Å². The number of thiophene rings is 2. The molecule has 4 aromatic rings. The number of carbonyl (C=O) groups is 2. The molecular formula is C26H21NO4S2. The third-order valence-electron chi connectivity index (χ3n) is 4.59. The lowest BCUT2D eigenvalue weighted by molar-refractivity contribution is -0.147. The van der Waals surface area contributed by atoms with Crippen LogP contribution >= 0.6 is 22.7 Å². The lowest BCUT2D eigenvalue weighted by Crippen LogP contribution is -2.30. The molecule has 0 bridgehead atoms. The molecule has 0 aliphatic carbocycles. The minimum Gasteiger partial charge on any atom is -0.457 e. The highest BCUT2D eigenvalue weighted by Crippen LogP contribution is 2.27. The summed E-state index contributed by atoms with van der Waals surface area (Å²) in [6, 6.07) is 24.0. The van der Waals surface area contributed by atoms with E-state index in [1.807, 2.05) is 65.4 Å². The van der Waals surface area contributed by atoms with Gasteiger partial charge in [0.15, 0.2) is 6.10 Å². The van der Waals surface area contributed by atoms with E-state index in [-0.39, 0.29) is 0 Å². The van der Waals surface area contributed by atoms with Crippen LogP contribution < -0.4 is 10.1 Å². The Morgan fingerprint density at radius 3 is 2.21 bits per heavy atom. The molecule has 2 heterocycles. The molecule has 0 saturated carbocycles. The Balaban J connectivity index is 1.38. The molecule has 33 heavy (non-hydrogen) atoms. The fraction of sp³-hybridized carbons (Fsp3) is 0.0769. The monoisotopic (exact) mass is 475 g/mol. The summed E-state index contributed by atoms with van der Waals surface area (Å²) in [6.07, 6.45) is 0.819. The van der Waals surface area contributed by atoms with Crippen LogP contribution in [0, 0.1) is 0 Å². The average Bonchev–Trinajstić information content (AvgIpc) is 3.54. The Bertz CT molecular complexity index is 1220. The molecule has 1 N–H and O–H groups in total. The van der Waals surface area contributed by atoms with E-state index < -0.39 is 18.0 Å². The smallest absolute Gasteiger partial charge is 0.340 e. The number of ether oxygens (including phenoxy) is 2. The van der Waals surface area contributed by atoms with Gasteiger partial charge in [-0.05, 0) is 72.3 Å². The molecule has 0 aliphatic rings. The summed E-state index contributed by atoms with van der Waals surface area (Å²) in [6.45, 7) is 1.55. The lowest BCUT2D eigenvalue weighted by Gasteiger charge is -2.15. The van der Waals surface area contributed by atoms with Crippen molar-refractivity contribution >= 4 is 51.9 Å². The number of benzene rings is 2. The fourth-order valence-corrected chi connectivity index (χ4v) is 4.32. The number of para-hydroxylation sites is 1. The number of rotatable bonds is 8. The molecule has 0 saturated heterocycles. The van der Waals surface area contributed by atoms with Crippen LogP contribution in [0.5, 0.6) is 11.5 Å². The Morgan fingerprint density at radius 1 is 0.848 bits per heavy atom. The number of esters is 1. The van der Waals surface area contributed by atoms with Crippen molar-refractivity contribution in [3.63, 3.8) is 0 Å². The van der Waals surface area contributed by atoms with Gasteiger partial charge in [-0.25, -0.2) is 4.79 Å². The van der Waals surface area contributed by atoms with E-state index in [4.69, 9.17) is 9.47 Å². The fourth-order valence-electron chi connectivity index (χ4n) is 2.93. The van der Waals surface area contributed by atoms with E-state index in [9.17, 15) is 9.59 Å². The molecule has 1 atom stereocenters. The Hall–Kier alpha value is -3.68. The van der Waals surface area contributed by atoms with Gasteiger partial charge in [0.2, 0.25) is 0 Å². The molecule has 2 aromatic heterocycles. The Morgan fingerprint density at radius 2 is 1.55 bits per heavy atom. The van der Waals surface area contributed by atoms with Gasteiger partial charge in [0.1, 0.15) is 11.5 Å². The van der Waals surface area contributed by atoms with Crippen molar-refractivity contribution in [3.8, 4) is 11.5 Å². The third kappa shape index (κ3) is 6.19. The maximum atomic E-state index is 12.9. The summed E-state index contributed by atoms with van der Waals surface area (Å²) in [4.78, 5) is 27.2. The minimum atomic E-state index is -0.968. The maximum Gasteiger partial charge on any atom is 0.340 e. The topological polar surface area (TPSA) is 64.6 Å². The van der Waals surface area contributed by atoms with Crippen LogP contribution in [0.25, 0.3) is 11.6 Å². The van der Waals surface area contributed by atoms with Gasteiger partial charge >= 0.3 is 5.97 Å². The molecule has 4 rings (SSSR count). The normalized spacial score (nSPS) is 12.1. The van der Waals surface area contributed by atoms with Crippen molar-refractivity contribution in [2.75, 3.05) is 5.32 Å². The zero-order valence-electron chi connectivity index (χ0n) is 17.8. The van der Waals surface area contributed by atoms with Gasteiger partial charge in [0.05, 0.1) is 5.57 Å². The van der Waals surface area contributed by atoms with Gasteiger partial charge in [-0.2, -0.15) is 0 Å². The summed E-state index contributed by atoms with van der Waals surface area (Å²) in [5.41, 5.74) is 1.01. The van der Waals surface area contributed by atoms with Gasteiger partial charge in [0, 0.05) is 15.4 Å². The highest BCUT2D eigenvalue weighted by Gasteiger charge is 2.22. The minimum absolute atomic E-state index is 0.415. The van der Waals surface area contributed by atoms with Gasteiger partial charge in [0.25, 0.3) is 5.91 Å². The molecule has 1 amide bonds. The van der Waals surface area contributed by atoms with E-state index in [2.05, 4.69) is 5.32 Å². The summed E-state index contributed by atoms with van der Waals surface area (Å²) in [7, 11) is 0. The van der Waals surface area contributed by atoms with Gasteiger partial charge in [-0.1, -0.05) is 30.3 Å². The molecule has 0 radical (unpaired) electrons. The van der Waals surface area contributed by atoms with Crippen molar-refractivity contribution in [2.45, 2.75) is 13.0 Å². The predicted molar refractivity (Wildman–Crippen MR) is 134 cm³/mol. The predicted octanol–water partition coefficient (Wildman–Crippen LogP) is 6.71. The largest absolute Gasteiger partial charge is 0.457 e. The second-order valence-electron chi connectivity index (χ2n) is 7.03. The van der Waals surface area contributed by atoms with Gasteiger partial charge in [-0.3, -0.25) is 4.79 Å². The first-order valence-corrected chi connectivity index (χ1v) is 12.0. The van der Waals surface area contributed by atoms with Crippen molar-refractivity contribution < 1.29 is 19.1 Å². The van der Waals surface area contributed by atoms with Crippen molar-refractivity contribution in [3.05, 3.63) is 99.4 Å². The molecule has 1 unspecified atom stereocenters. The van der Waals surface area contributed by atoms with Crippen LogP contribution in [-0.4, -0.2) is 18.0 Å². The van der Waals surface area contributed by atoms with Crippen LogP contribution in [0.1, 0.15) is 16.7 Å². The number of hydrogen-bond donors (Lipinski definition) is 1. The number of amides is 1. The quantitative estimate of drug-likeness (QED) is 0.227. The molecule has 166 valence electrons. The molecule has 0 aliphatic heterocycles. The Kier molecular flexibility index (Phi) is 7.34. The van der Waals surface area contributed by atoms with Crippen LogP contribution in [0.4, 0.5) is 5.69 Å². The third-order valence-corrected chi connectivity index (χ3v) is 6.31. The summed E-state index contributed by atoms with van der Waals surface area (Å²) >= 11 is 2.97. The van der Waals surface area contributed by atoms with Crippen LogP contribution in [0.3, 0.4) is 0 Å². The first-order valence-electron chi connectivity index (χ1n) is 10.2. The highest BCUT2D eigenvalue weighted by atomic mass is 32.1. The Labute approximate surface area is 199 Å². The molecular weight excluding hydrogens is 454 g/mol. The van der Waals surface area contributed by atoms with Crippen LogP contribution in [0.15, 0.2) is 89.6 Å². The average molecular weight is 476 g/mol. The second-order valence-corrected chi connectivity index (χ2v) is 8.95. The number of nitrogens with one attached hydrogen (secondary N) is 1. The van der Waals surface area contributed by atoms with E-state index in [1.54, 1.807) is 37.3 Å². The number of anilines is 1.